The lowest BCUT2D eigenvalue weighted by molar-refractivity contribution is 0.0991. The summed E-state index contributed by atoms with van der Waals surface area (Å²) in [5.74, 6) is -0.802. The van der Waals surface area contributed by atoms with Gasteiger partial charge in [0.05, 0.1) is 10.4 Å². The molecule has 1 unspecified atom stereocenters. The van der Waals surface area contributed by atoms with Crippen molar-refractivity contribution in [2.75, 3.05) is 0 Å². The van der Waals surface area contributed by atoms with Gasteiger partial charge in [0.25, 0.3) is 0 Å². The zero-order chi connectivity index (χ0) is 10.0. The molecule has 4 heteroatoms. The molecule has 0 bridgehead atoms. The number of benzene rings is 1. The normalized spacial score (nSPS) is 12.6. The second-order valence-electron chi connectivity index (χ2n) is 2.61. The molecule has 0 aliphatic rings. The maximum Gasteiger partial charge on any atom is 0.180 e. The number of rotatable bonds is 2. The molecule has 0 N–H and O–H groups in total. The number of ketones is 1. The van der Waals surface area contributed by atoms with Gasteiger partial charge in [0.1, 0.15) is 5.82 Å². The Bertz CT molecular complexity index is 336. The highest BCUT2D eigenvalue weighted by molar-refractivity contribution is 6.34. The Morgan fingerprint density at radius 1 is 1.54 bits per heavy atom. The molecule has 13 heavy (non-hydrogen) atoms. The van der Waals surface area contributed by atoms with Gasteiger partial charge in [0.2, 0.25) is 0 Å². The number of Topliss-reactive ketones (excluding diaryl/α,β-unsaturated/α-hetero) is 1. The van der Waals surface area contributed by atoms with Gasteiger partial charge in [-0.2, -0.15) is 0 Å². The third kappa shape index (κ3) is 2.42. The molecule has 0 aromatic heterocycles. The first-order valence-electron chi connectivity index (χ1n) is 3.65. The van der Waals surface area contributed by atoms with Crippen LogP contribution in [-0.4, -0.2) is 11.2 Å². The minimum absolute atomic E-state index is 0.0665. The summed E-state index contributed by atoms with van der Waals surface area (Å²) in [6, 6.07) is 3.79. The lowest BCUT2D eigenvalue weighted by atomic mass is 10.1. The predicted molar refractivity (Wildman–Crippen MR) is 51.1 cm³/mol. The average molecular weight is 221 g/mol. The van der Waals surface area contributed by atoms with Gasteiger partial charge >= 0.3 is 0 Å². The number of carbonyl (C=O) groups is 1. The maximum atomic E-state index is 12.7. The number of hydrogen-bond donors (Lipinski definition) is 0. The first-order chi connectivity index (χ1) is 6.02. The summed E-state index contributed by atoms with van der Waals surface area (Å²) in [4.78, 5) is 11.3. The Balaban J connectivity index is 3.04. The van der Waals surface area contributed by atoms with Crippen LogP contribution in [0, 0.1) is 5.82 Å². The molecular weight excluding hydrogens is 214 g/mol. The van der Waals surface area contributed by atoms with E-state index in [9.17, 15) is 9.18 Å². The van der Waals surface area contributed by atoms with E-state index in [0.29, 0.717) is 5.56 Å². The zero-order valence-electron chi connectivity index (χ0n) is 6.85. The second-order valence-corrected chi connectivity index (χ2v) is 3.67. The standard InChI is InChI=1S/C9H7Cl2FO/c1-5(10)9(13)6-2-3-8(12)7(11)4-6/h2-5H,1H3. The minimum atomic E-state index is -0.624. The van der Waals surface area contributed by atoms with Crippen LogP contribution in [-0.2, 0) is 0 Å². The third-order valence-corrected chi connectivity index (χ3v) is 2.05. The van der Waals surface area contributed by atoms with Crippen molar-refractivity contribution >= 4 is 29.0 Å². The minimum Gasteiger partial charge on any atom is -0.293 e. The molecule has 0 aliphatic carbocycles. The van der Waals surface area contributed by atoms with E-state index in [2.05, 4.69) is 0 Å². The summed E-state index contributed by atoms with van der Waals surface area (Å²) in [6.45, 7) is 1.56. The van der Waals surface area contributed by atoms with Crippen molar-refractivity contribution in [1.82, 2.24) is 0 Å². The fourth-order valence-corrected chi connectivity index (χ4v) is 1.19. The van der Waals surface area contributed by atoms with Gasteiger partial charge in [-0.15, -0.1) is 11.6 Å². The molecule has 0 aliphatic heterocycles. The van der Waals surface area contributed by atoms with E-state index < -0.39 is 11.2 Å². The molecule has 0 radical (unpaired) electrons. The molecule has 0 amide bonds. The number of hydrogen-bond acceptors (Lipinski definition) is 1. The van der Waals surface area contributed by atoms with Crippen LogP contribution in [0.5, 0.6) is 0 Å². The molecule has 1 atom stereocenters. The van der Waals surface area contributed by atoms with Crippen LogP contribution in [0.15, 0.2) is 18.2 Å². The first-order valence-corrected chi connectivity index (χ1v) is 4.47. The highest BCUT2D eigenvalue weighted by Gasteiger charge is 2.13. The van der Waals surface area contributed by atoms with Gasteiger partial charge in [-0.05, 0) is 25.1 Å². The van der Waals surface area contributed by atoms with Crippen molar-refractivity contribution in [3.05, 3.63) is 34.6 Å². The van der Waals surface area contributed by atoms with Crippen LogP contribution in [0.2, 0.25) is 5.02 Å². The number of carbonyl (C=O) groups excluding carboxylic acids is 1. The highest BCUT2D eigenvalue weighted by atomic mass is 35.5. The molecule has 0 heterocycles. The summed E-state index contributed by atoms with van der Waals surface area (Å²) in [5.41, 5.74) is 0.328. The topological polar surface area (TPSA) is 17.1 Å². The summed E-state index contributed by atoms with van der Waals surface area (Å²) in [7, 11) is 0. The van der Waals surface area contributed by atoms with E-state index in [1.807, 2.05) is 0 Å². The average Bonchev–Trinajstić information content (AvgIpc) is 2.08. The summed E-state index contributed by atoms with van der Waals surface area (Å²) < 4.78 is 12.7. The van der Waals surface area contributed by atoms with E-state index in [1.165, 1.54) is 12.1 Å². The van der Waals surface area contributed by atoms with Crippen LogP contribution < -0.4 is 0 Å². The molecule has 1 nitrogen and oxygen atoms in total. The number of halogens is 3. The van der Waals surface area contributed by atoms with Crippen molar-refractivity contribution in [2.45, 2.75) is 12.3 Å². The molecular formula is C9H7Cl2FO. The Hall–Kier alpha value is -0.600. The fraction of sp³-hybridized carbons (Fsp3) is 0.222. The van der Waals surface area contributed by atoms with Crippen LogP contribution in [0.1, 0.15) is 17.3 Å². The Kier molecular flexibility index (Phi) is 3.28. The quantitative estimate of drug-likeness (QED) is 0.553. The van der Waals surface area contributed by atoms with E-state index in [1.54, 1.807) is 6.92 Å². The maximum absolute atomic E-state index is 12.7. The van der Waals surface area contributed by atoms with Gasteiger partial charge in [-0.25, -0.2) is 4.39 Å². The molecule has 70 valence electrons. The van der Waals surface area contributed by atoms with E-state index in [0.717, 1.165) is 6.07 Å². The Morgan fingerprint density at radius 2 is 2.15 bits per heavy atom. The zero-order valence-corrected chi connectivity index (χ0v) is 8.36. The molecule has 0 saturated carbocycles. The monoisotopic (exact) mass is 220 g/mol. The van der Waals surface area contributed by atoms with Crippen molar-refractivity contribution in [1.29, 1.82) is 0 Å². The molecule has 0 spiro atoms. The van der Waals surface area contributed by atoms with Crippen molar-refractivity contribution in [2.24, 2.45) is 0 Å². The van der Waals surface area contributed by atoms with Gasteiger partial charge in [0, 0.05) is 5.56 Å². The molecule has 0 fully saturated rings. The van der Waals surface area contributed by atoms with E-state index >= 15 is 0 Å². The number of alkyl halides is 1. The smallest absolute Gasteiger partial charge is 0.180 e. The van der Waals surface area contributed by atoms with E-state index in [-0.39, 0.29) is 10.8 Å². The van der Waals surface area contributed by atoms with Crippen molar-refractivity contribution < 1.29 is 9.18 Å². The molecule has 1 aromatic rings. The first kappa shape index (κ1) is 10.5. The Labute approximate surface area is 85.5 Å². The van der Waals surface area contributed by atoms with Gasteiger partial charge in [-0.3, -0.25) is 4.79 Å². The SMILES string of the molecule is CC(Cl)C(=O)c1ccc(F)c(Cl)c1. The highest BCUT2D eigenvalue weighted by Crippen LogP contribution is 2.17. The third-order valence-electron chi connectivity index (χ3n) is 1.57. The van der Waals surface area contributed by atoms with Gasteiger partial charge in [0.15, 0.2) is 5.78 Å². The van der Waals surface area contributed by atoms with Gasteiger partial charge in [-0.1, -0.05) is 11.6 Å². The van der Waals surface area contributed by atoms with Crippen molar-refractivity contribution in [3.8, 4) is 0 Å². The Morgan fingerprint density at radius 3 is 2.62 bits per heavy atom. The molecule has 0 saturated heterocycles. The van der Waals surface area contributed by atoms with Crippen LogP contribution in [0.25, 0.3) is 0 Å². The molecule has 1 aromatic carbocycles. The largest absolute Gasteiger partial charge is 0.293 e. The predicted octanol–water partition coefficient (Wildman–Crippen LogP) is 3.29. The van der Waals surface area contributed by atoms with Crippen LogP contribution in [0.3, 0.4) is 0 Å². The van der Waals surface area contributed by atoms with Crippen molar-refractivity contribution in [3.63, 3.8) is 0 Å². The van der Waals surface area contributed by atoms with Gasteiger partial charge < -0.3 is 0 Å². The van der Waals surface area contributed by atoms with Crippen LogP contribution in [0.4, 0.5) is 4.39 Å². The van der Waals surface area contributed by atoms with E-state index in [4.69, 9.17) is 23.2 Å². The van der Waals surface area contributed by atoms with Crippen LogP contribution >= 0.6 is 23.2 Å². The lowest BCUT2D eigenvalue weighted by Crippen LogP contribution is -2.10. The fourth-order valence-electron chi connectivity index (χ4n) is 0.879. The lowest BCUT2D eigenvalue weighted by Gasteiger charge is -2.02. The summed E-state index contributed by atoms with van der Waals surface area (Å²) in [6.07, 6.45) is 0. The summed E-state index contributed by atoms with van der Waals surface area (Å²) in [5, 5.41) is -0.690. The second kappa shape index (κ2) is 4.07. The molecule has 1 rings (SSSR count). The summed E-state index contributed by atoms with van der Waals surface area (Å²) >= 11 is 11.1.